The van der Waals surface area contributed by atoms with Gasteiger partial charge in [-0.3, -0.25) is 0 Å². The van der Waals surface area contributed by atoms with Gasteiger partial charge in [0.15, 0.2) is 0 Å². The van der Waals surface area contributed by atoms with Crippen LogP contribution in [0, 0.1) is 5.82 Å². The molecule has 2 amide bonds. The topological polar surface area (TPSA) is 53.9 Å². The Kier molecular flexibility index (Phi) is 6.46. The monoisotopic (exact) mass is 485 g/mol. The van der Waals surface area contributed by atoms with Crippen molar-refractivity contribution in [3.8, 4) is 11.5 Å². The Morgan fingerprint density at radius 3 is 2.17 bits per heavy atom. The average Bonchev–Trinajstić information content (AvgIpc) is 3.33. The van der Waals surface area contributed by atoms with Crippen molar-refractivity contribution in [1.82, 2.24) is 5.01 Å². The Balaban J connectivity index is 1.31. The van der Waals surface area contributed by atoms with E-state index in [0.717, 1.165) is 16.8 Å². The smallest absolute Gasteiger partial charge is 0.342 e. The van der Waals surface area contributed by atoms with E-state index < -0.39 is 0 Å². The van der Waals surface area contributed by atoms with Crippen LogP contribution in [-0.2, 0) is 0 Å². The third-order valence-electron chi connectivity index (χ3n) is 5.65. The second-order valence-corrected chi connectivity index (χ2v) is 8.48. The number of benzene rings is 4. The summed E-state index contributed by atoms with van der Waals surface area (Å²) in [7, 11) is 0. The number of urea groups is 1. The molecule has 0 saturated carbocycles. The van der Waals surface area contributed by atoms with Gasteiger partial charge in [0.2, 0.25) is 0 Å². The lowest BCUT2D eigenvalue weighted by Gasteiger charge is -2.16. The molecular formula is C28H21ClFN3O2. The number of hydrogen-bond acceptors (Lipinski definition) is 3. The van der Waals surface area contributed by atoms with Gasteiger partial charge in [0, 0.05) is 16.6 Å². The maximum Gasteiger partial charge on any atom is 0.342 e. The molecule has 5 nitrogen and oxygen atoms in total. The number of carbonyl (C=O) groups is 1. The number of carbonyl (C=O) groups excluding carboxylic acids is 1. The summed E-state index contributed by atoms with van der Waals surface area (Å²) >= 11 is 6.07. The molecule has 0 spiro atoms. The molecule has 0 fully saturated rings. The van der Waals surface area contributed by atoms with Gasteiger partial charge in [-0.15, -0.1) is 0 Å². The first-order valence-corrected chi connectivity index (χ1v) is 11.4. The van der Waals surface area contributed by atoms with Gasteiger partial charge < -0.3 is 10.1 Å². The van der Waals surface area contributed by atoms with E-state index in [4.69, 9.17) is 16.3 Å². The highest BCUT2D eigenvalue weighted by atomic mass is 35.5. The van der Waals surface area contributed by atoms with E-state index in [1.54, 1.807) is 36.4 Å². The second kappa shape index (κ2) is 9.99. The Morgan fingerprint density at radius 1 is 0.886 bits per heavy atom. The summed E-state index contributed by atoms with van der Waals surface area (Å²) in [6.07, 6.45) is 0. The summed E-state index contributed by atoms with van der Waals surface area (Å²) in [6.45, 7) is 0.416. The maximum absolute atomic E-state index is 13.1. The zero-order valence-corrected chi connectivity index (χ0v) is 19.3. The van der Waals surface area contributed by atoms with Crippen LogP contribution >= 0.6 is 11.6 Å². The molecular weight excluding hydrogens is 465 g/mol. The van der Waals surface area contributed by atoms with E-state index in [2.05, 4.69) is 10.4 Å². The molecule has 1 aliphatic heterocycles. The van der Waals surface area contributed by atoms with E-state index in [9.17, 15) is 9.18 Å². The number of ether oxygens (including phenoxy) is 1. The van der Waals surface area contributed by atoms with Crippen LogP contribution in [0.25, 0.3) is 0 Å². The standard InChI is InChI=1S/C28H21ClFN3O2/c29-21-8-6-20(7-9-21)27-26(19-4-2-1-3-5-19)18-33(32-27)28(34)31-23-12-16-25(17-13-23)35-24-14-10-22(30)11-15-24/h1-17,26H,18H2,(H,31,34). The first-order valence-electron chi connectivity index (χ1n) is 11.1. The van der Waals surface area contributed by atoms with E-state index in [-0.39, 0.29) is 17.8 Å². The minimum absolute atomic E-state index is 0.0605. The molecule has 1 atom stereocenters. The predicted molar refractivity (Wildman–Crippen MR) is 136 cm³/mol. The Hall–Kier alpha value is -4.16. The number of nitrogens with zero attached hydrogens (tertiary/aromatic N) is 2. The summed E-state index contributed by atoms with van der Waals surface area (Å²) in [5, 5.41) is 9.64. The molecule has 0 aromatic heterocycles. The average molecular weight is 486 g/mol. The fraction of sp³-hybridized carbons (Fsp3) is 0.0714. The fourth-order valence-corrected chi connectivity index (χ4v) is 4.02. The van der Waals surface area contributed by atoms with Crippen LogP contribution in [-0.4, -0.2) is 23.3 Å². The van der Waals surface area contributed by atoms with Crippen molar-refractivity contribution in [1.29, 1.82) is 0 Å². The minimum atomic E-state index is -0.331. The van der Waals surface area contributed by atoms with E-state index >= 15 is 0 Å². The number of halogens is 2. The van der Waals surface area contributed by atoms with Crippen LogP contribution in [0.4, 0.5) is 14.9 Å². The molecule has 174 valence electrons. The molecule has 0 aliphatic carbocycles. The third kappa shape index (κ3) is 5.34. The van der Waals surface area contributed by atoms with Crippen LogP contribution in [0.3, 0.4) is 0 Å². The zero-order chi connectivity index (χ0) is 24.2. The van der Waals surface area contributed by atoms with E-state index in [1.807, 2.05) is 54.6 Å². The molecule has 4 aromatic carbocycles. The summed E-state index contributed by atoms with van der Waals surface area (Å²) in [4.78, 5) is 13.1. The van der Waals surface area contributed by atoms with Crippen molar-refractivity contribution in [2.45, 2.75) is 5.92 Å². The van der Waals surface area contributed by atoms with Gasteiger partial charge in [0.05, 0.1) is 12.3 Å². The molecule has 7 heteroatoms. The lowest BCUT2D eigenvalue weighted by molar-refractivity contribution is 0.218. The van der Waals surface area contributed by atoms with Crippen LogP contribution < -0.4 is 10.1 Å². The number of amides is 2. The van der Waals surface area contributed by atoms with Gasteiger partial charge in [-0.1, -0.05) is 54.1 Å². The summed E-state index contributed by atoms with van der Waals surface area (Å²) in [5.41, 5.74) is 3.42. The molecule has 0 saturated heterocycles. The van der Waals surface area contributed by atoms with Crippen molar-refractivity contribution in [2.75, 3.05) is 11.9 Å². The molecule has 35 heavy (non-hydrogen) atoms. The molecule has 5 rings (SSSR count). The highest BCUT2D eigenvalue weighted by Gasteiger charge is 2.32. The van der Waals surface area contributed by atoms with Crippen molar-refractivity contribution >= 4 is 29.0 Å². The van der Waals surface area contributed by atoms with Crippen LogP contribution in [0.5, 0.6) is 11.5 Å². The molecule has 4 aromatic rings. The first kappa shape index (κ1) is 22.6. The quantitative estimate of drug-likeness (QED) is 0.322. The number of nitrogens with one attached hydrogen (secondary N) is 1. The van der Waals surface area contributed by atoms with E-state index in [1.165, 1.54) is 17.1 Å². The molecule has 0 radical (unpaired) electrons. The summed E-state index contributed by atoms with van der Waals surface area (Å²) in [5.74, 6) is 0.711. The maximum atomic E-state index is 13.1. The Bertz CT molecular complexity index is 1340. The second-order valence-electron chi connectivity index (χ2n) is 8.05. The van der Waals surface area contributed by atoms with Gasteiger partial charge in [-0.05, 0) is 71.8 Å². The first-order chi connectivity index (χ1) is 17.0. The van der Waals surface area contributed by atoms with Gasteiger partial charge in [0.1, 0.15) is 17.3 Å². The van der Waals surface area contributed by atoms with Gasteiger partial charge in [-0.25, -0.2) is 14.2 Å². The van der Waals surface area contributed by atoms with Crippen molar-refractivity contribution in [3.63, 3.8) is 0 Å². The van der Waals surface area contributed by atoms with Crippen molar-refractivity contribution in [2.24, 2.45) is 5.10 Å². The summed E-state index contributed by atoms with van der Waals surface area (Å²) in [6, 6.07) is 29.9. The Morgan fingerprint density at radius 2 is 1.51 bits per heavy atom. The molecule has 1 unspecified atom stereocenters. The highest BCUT2D eigenvalue weighted by Crippen LogP contribution is 2.30. The number of hydrazone groups is 1. The predicted octanol–water partition coefficient (Wildman–Crippen LogP) is 7.31. The Labute approximate surface area is 207 Å². The van der Waals surface area contributed by atoms with Gasteiger partial charge in [-0.2, -0.15) is 5.10 Å². The highest BCUT2D eigenvalue weighted by molar-refractivity contribution is 6.30. The van der Waals surface area contributed by atoms with E-state index in [0.29, 0.717) is 28.8 Å². The summed E-state index contributed by atoms with van der Waals surface area (Å²) < 4.78 is 18.8. The fourth-order valence-electron chi connectivity index (χ4n) is 3.89. The largest absolute Gasteiger partial charge is 0.457 e. The lowest BCUT2D eigenvalue weighted by Crippen LogP contribution is -2.30. The van der Waals surface area contributed by atoms with Crippen molar-refractivity contribution < 1.29 is 13.9 Å². The minimum Gasteiger partial charge on any atom is -0.457 e. The zero-order valence-electron chi connectivity index (χ0n) is 18.6. The van der Waals surface area contributed by atoms with Crippen LogP contribution in [0.1, 0.15) is 17.0 Å². The molecule has 1 N–H and O–H groups in total. The third-order valence-corrected chi connectivity index (χ3v) is 5.90. The van der Waals surface area contributed by atoms with Crippen molar-refractivity contribution in [3.05, 3.63) is 125 Å². The number of anilines is 1. The molecule has 0 bridgehead atoms. The number of hydrogen-bond donors (Lipinski definition) is 1. The van der Waals surface area contributed by atoms with Gasteiger partial charge >= 0.3 is 6.03 Å². The van der Waals surface area contributed by atoms with Gasteiger partial charge in [0.25, 0.3) is 0 Å². The normalized spacial score (nSPS) is 15.0. The SMILES string of the molecule is O=C(Nc1ccc(Oc2ccc(F)cc2)cc1)N1CC(c2ccccc2)C(c2ccc(Cl)cc2)=N1. The van der Waals surface area contributed by atoms with Crippen LogP contribution in [0.2, 0.25) is 5.02 Å². The van der Waals surface area contributed by atoms with Crippen LogP contribution in [0.15, 0.2) is 108 Å². The molecule has 1 heterocycles. The lowest BCUT2D eigenvalue weighted by atomic mass is 9.91. The number of rotatable bonds is 5. The molecule has 1 aliphatic rings.